The molecule has 0 saturated carbocycles. The number of carbonyl (C=O) groups excluding carboxylic acids is 1. The Hall–Kier alpha value is -0.850. The number of rotatable bonds is 5. The molecule has 134 valence electrons. The molecule has 2 rings (SSSR count). The van der Waals surface area contributed by atoms with Crippen LogP contribution in [0.25, 0.3) is 0 Å². The molecule has 1 amide bonds. The monoisotopic (exact) mass is 326 g/mol. The largest absolute Gasteiger partial charge is 0.444 e. The number of amides is 1. The first-order valence-corrected chi connectivity index (χ1v) is 9.03. The van der Waals surface area contributed by atoms with Gasteiger partial charge in [0, 0.05) is 32.2 Å². The topological polar surface area (TPSA) is 62.0 Å². The van der Waals surface area contributed by atoms with Crippen LogP contribution in [0.15, 0.2) is 0 Å². The fourth-order valence-corrected chi connectivity index (χ4v) is 3.41. The zero-order valence-corrected chi connectivity index (χ0v) is 15.1. The van der Waals surface area contributed by atoms with Crippen molar-refractivity contribution in [1.82, 2.24) is 14.7 Å². The van der Waals surface area contributed by atoms with Crippen LogP contribution in [-0.4, -0.2) is 84.8 Å². The summed E-state index contributed by atoms with van der Waals surface area (Å²) in [7, 11) is 0. The third kappa shape index (κ3) is 5.94. The maximum Gasteiger partial charge on any atom is 0.410 e. The van der Waals surface area contributed by atoms with Crippen LogP contribution in [-0.2, 0) is 4.74 Å². The van der Waals surface area contributed by atoms with Gasteiger partial charge in [-0.3, -0.25) is 4.90 Å². The molecule has 0 aliphatic carbocycles. The van der Waals surface area contributed by atoms with Crippen molar-refractivity contribution in [2.75, 3.05) is 52.4 Å². The van der Waals surface area contributed by atoms with E-state index in [-0.39, 0.29) is 12.1 Å². The van der Waals surface area contributed by atoms with Crippen LogP contribution in [0.4, 0.5) is 4.79 Å². The highest BCUT2D eigenvalue weighted by molar-refractivity contribution is 5.68. The van der Waals surface area contributed by atoms with E-state index in [4.69, 9.17) is 10.5 Å². The van der Waals surface area contributed by atoms with E-state index < -0.39 is 5.60 Å². The number of nitrogens with two attached hydrogens (primary N) is 1. The van der Waals surface area contributed by atoms with Gasteiger partial charge in [-0.15, -0.1) is 0 Å². The van der Waals surface area contributed by atoms with Gasteiger partial charge in [0.2, 0.25) is 0 Å². The van der Waals surface area contributed by atoms with Gasteiger partial charge in [0.05, 0.1) is 0 Å². The van der Waals surface area contributed by atoms with E-state index in [0.717, 1.165) is 19.6 Å². The molecule has 0 aromatic carbocycles. The molecular weight excluding hydrogens is 292 g/mol. The van der Waals surface area contributed by atoms with Gasteiger partial charge in [0.1, 0.15) is 5.60 Å². The number of hydrogen-bond acceptors (Lipinski definition) is 5. The average Bonchev–Trinajstić information content (AvgIpc) is 2.99. The number of ether oxygens (including phenoxy) is 1. The molecule has 0 bridgehead atoms. The normalized spacial score (nSPS) is 24.2. The Bertz CT molecular complexity index is 377. The third-order valence-electron chi connectivity index (χ3n) is 4.65. The summed E-state index contributed by atoms with van der Waals surface area (Å²) in [6.07, 6.45) is 3.66. The number of nitrogens with zero attached hydrogens (tertiary/aromatic N) is 3. The fraction of sp³-hybridized carbons (Fsp3) is 0.941. The summed E-state index contributed by atoms with van der Waals surface area (Å²) in [6.45, 7) is 13.4. The average molecular weight is 326 g/mol. The van der Waals surface area contributed by atoms with Crippen molar-refractivity contribution in [1.29, 1.82) is 0 Å². The Morgan fingerprint density at radius 1 is 1.13 bits per heavy atom. The molecule has 0 aromatic rings. The Kier molecular flexibility index (Phi) is 6.68. The number of likely N-dealkylation sites (tertiary alicyclic amines) is 1. The van der Waals surface area contributed by atoms with Crippen molar-refractivity contribution in [3.63, 3.8) is 0 Å². The van der Waals surface area contributed by atoms with Crippen LogP contribution in [0, 0.1) is 0 Å². The van der Waals surface area contributed by atoms with Gasteiger partial charge in [-0.25, -0.2) is 4.79 Å². The smallest absolute Gasteiger partial charge is 0.410 e. The van der Waals surface area contributed by atoms with Crippen LogP contribution < -0.4 is 5.73 Å². The van der Waals surface area contributed by atoms with Crippen LogP contribution in [0.1, 0.15) is 40.0 Å². The minimum Gasteiger partial charge on any atom is -0.444 e. The zero-order valence-electron chi connectivity index (χ0n) is 15.1. The molecule has 0 spiro atoms. The van der Waals surface area contributed by atoms with Gasteiger partial charge in [-0.05, 0) is 66.2 Å². The van der Waals surface area contributed by atoms with Crippen LogP contribution >= 0.6 is 0 Å². The molecule has 1 atom stereocenters. The highest BCUT2D eigenvalue weighted by Crippen LogP contribution is 2.15. The predicted octanol–water partition coefficient (Wildman–Crippen LogP) is 1.35. The summed E-state index contributed by atoms with van der Waals surface area (Å²) >= 11 is 0. The maximum atomic E-state index is 12.2. The first kappa shape index (κ1) is 18.5. The van der Waals surface area contributed by atoms with E-state index in [2.05, 4.69) is 9.80 Å². The lowest BCUT2D eigenvalue weighted by molar-refractivity contribution is 0.00440. The van der Waals surface area contributed by atoms with Gasteiger partial charge in [0.15, 0.2) is 0 Å². The van der Waals surface area contributed by atoms with E-state index >= 15 is 0 Å². The van der Waals surface area contributed by atoms with E-state index in [1.807, 2.05) is 20.8 Å². The van der Waals surface area contributed by atoms with E-state index in [1.165, 1.54) is 38.9 Å². The summed E-state index contributed by atoms with van der Waals surface area (Å²) in [5.41, 5.74) is 5.50. The lowest BCUT2D eigenvalue weighted by atomic mass is 10.1. The fourth-order valence-electron chi connectivity index (χ4n) is 3.41. The molecule has 2 aliphatic rings. The highest BCUT2D eigenvalue weighted by atomic mass is 16.6. The Morgan fingerprint density at radius 2 is 1.83 bits per heavy atom. The zero-order chi connectivity index (χ0) is 16.9. The number of carbonyl (C=O) groups is 1. The molecule has 1 unspecified atom stereocenters. The molecule has 2 heterocycles. The lowest BCUT2D eigenvalue weighted by Crippen LogP contribution is -2.58. The van der Waals surface area contributed by atoms with Gasteiger partial charge in [0.25, 0.3) is 0 Å². The van der Waals surface area contributed by atoms with E-state index in [0.29, 0.717) is 13.1 Å². The van der Waals surface area contributed by atoms with Crippen LogP contribution in [0.3, 0.4) is 0 Å². The second-order valence-electron chi connectivity index (χ2n) is 7.75. The number of piperazine rings is 1. The van der Waals surface area contributed by atoms with Crippen molar-refractivity contribution in [3.8, 4) is 0 Å². The first-order chi connectivity index (χ1) is 10.9. The Labute approximate surface area is 140 Å². The lowest BCUT2D eigenvalue weighted by Gasteiger charge is -2.41. The number of hydrogen-bond donors (Lipinski definition) is 1. The van der Waals surface area contributed by atoms with Gasteiger partial charge in [-0.2, -0.15) is 0 Å². The van der Waals surface area contributed by atoms with Crippen LogP contribution in [0.5, 0.6) is 0 Å². The van der Waals surface area contributed by atoms with Gasteiger partial charge < -0.3 is 20.3 Å². The summed E-state index contributed by atoms with van der Waals surface area (Å²) in [5.74, 6) is 0. The van der Waals surface area contributed by atoms with Crippen molar-refractivity contribution < 1.29 is 9.53 Å². The molecule has 6 nitrogen and oxygen atoms in total. The van der Waals surface area contributed by atoms with Crippen molar-refractivity contribution in [2.24, 2.45) is 5.73 Å². The second kappa shape index (κ2) is 8.31. The second-order valence-corrected chi connectivity index (χ2v) is 7.75. The predicted molar refractivity (Wildman–Crippen MR) is 92.5 cm³/mol. The molecule has 2 aliphatic heterocycles. The molecule has 0 radical (unpaired) electrons. The summed E-state index contributed by atoms with van der Waals surface area (Å²) in [4.78, 5) is 19.0. The van der Waals surface area contributed by atoms with Crippen LogP contribution in [0.2, 0.25) is 0 Å². The molecule has 2 N–H and O–H groups in total. The van der Waals surface area contributed by atoms with Gasteiger partial charge >= 0.3 is 6.09 Å². The van der Waals surface area contributed by atoms with Crippen molar-refractivity contribution in [3.05, 3.63) is 0 Å². The molecular formula is C17H34N4O2. The molecule has 0 aromatic heterocycles. The standard InChI is InChI=1S/C17H34N4O2/c1-17(2,3)23-16(22)21-12-11-20(15(13-18)14-21)10-6-9-19-7-4-5-8-19/h15H,4-14,18H2,1-3H3. The minimum absolute atomic E-state index is 0.215. The molecule has 23 heavy (non-hydrogen) atoms. The Balaban J connectivity index is 1.75. The summed E-state index contributed by atoms with van der Waals surface area (Å²) < 4.78 is 5.47. The highest BCUT2D eigenvalue weighted by Gasteiger charge is 2.31. The summed E-state index contributed by atoms with van der Waals surface area (Å²) in [6, 6.07) is 0.245. The van der Waals surface area contributed by atoms with Crippen molar-refractivity contribution in [2.45, 2.75) is 51.7 Å². The van der Waals surface area contributed by atoms with Crippen molar-refractivity contribution >= 4 is 6.09 Å². The summed E-state index contributed by atoms with van der Waals surface area (Å²) in [5, 5.41) is 0. The third-order valence-corrected chi connectivity index (χ3v) is 4.65. The maximum absolute atomic E-state index is 12.2. The Morgan fingerprint density at radius 3 is 2.43 bits per heavy atom. The quantitative estimate of drug-likeness (QED) is 0.826. The first-order valence-electron chi connectivity index (χ1n) is 9.03. The molecule has 6 heteroatoms. The molecule has 2 saturated heterocycles. The molecule has 2 fully saturated rings. The SMILES string of the molecule is CC(C)(C)OC(=O)N1CCN(CCCN2CCCC2)C(CN)C1. The van der Waals surface area contributed by atoms with Gasteiger partial charge in [-0.1, -0.05) is 0 Å². The van der Waals surface area contributed by atoms with E-state index in [9.17, 15) is 4.79 Å². The minimum atomic E-state index is -0.442. The van der Waals surface area contributed by atoms with E-state index in [1.54, 1.807) is 4.90 Å².